The fourth-order valence-corrected chi connectivity index (χ4v) is 2.53. The quantitative estimate of drug-likeness (QED) is 0.468. The molecule has 0 aliphatic heterocycles. The van der Waals surface area contributed by atoms with Crippen LogP contribution in [0.3, 0.4) is 0 Å². The van der Waals surface area contributed by atoms with Gasteiger partial charge in [0.1, 0.15) is 5.75 Å². The minimum atomic E-state index is -4.71. The van der Waals surface area contributed by atoms with E-state index in [4.69, 9.17) is 4.74 Å². The number of hydrogen-bond acceptors (Lipinski definition) is 5. The Morgan fingerprint density at radius 2 is 1.42 bits per heavy atom. The number of benzene rings is 2. The molecule has 0 spiro atoms. The summed E-state index contributed by atoms with van der Waals surface area (Å²) in [5.74, 6) is -4.26. The third kappa shape index (κ3) is 3.83. The number of carbonyl (C=O) groups excluding carboxylic acids is 2. The van der Waals surface area contributed by atoms with Crippen LogP contribution in [-0.2, 0) is 9.84 Å². The molecule has 0 aromatic heterocycles. The van der Waals surface area contributed by atoms with Crippen molar-refractivity contribution in [3.63, 3.8) is 0 Å². The molecular weight excluding hydrogens is 342 g/mol. The lowest BCUT2D eigenvalue weighted by atomic mass is 10.1. The fraction of sp³-hybridized carbons (Fsp3) is 0.125. The van der Waals surface area contributed by atoms with E-state index < -0.39 is 26.5 Å². The monoisotopic (exact) mass is 354 g/mol. The van der Waals surface area contributed by atoms with Crippen molar-refractivity contribution >= 4 is 21.6 Å². The van der Waals surface area contributed by atoms with Crippen LogP contribution in [0, 0.1) is 0 Å². The van der Waals surface area contributed by atoms with Gasteiger partial charge in [-0.15, -0.1) is 0 Å². The third-order valence-electron chi connectivity index (χ3n) is 3.12. The second-order valence-corrected chi connectivity index (χ2v) is 6.72. The topological polar surface area (TPSA) is 77.5 Å². The number of alkyl halides is 2. The molecule has 24 heavy (non-hydrogen) atoms. The summed E-state index contributed by atoms with van der Waals surface area (Å²) in [6.45, 7) is 1.40. The first-order valence-corrected chi connectivity index (χ1v) is 8.22. The van der Waals surface area contributed by atoms with E-state index in [9.17, 15) is 26.8 Å². The maximum absolute atomic E-state index is 12.4. The molecular formula is C16H12F2O5S. The van der Waals surface area contributed by atoms with E-state index in [1.807, 2.05) is 0 Å². The van der Waals surface area contributed by atoms with Crippen LogP contribution in [0.5, 0.6) is 5.75 Å². The van der Waals surface area contributed by atoms with Gasteiger partial charge in [-0.1, -0.05) is 0 Å². The minimum absolute atomic E-state index is 0.00105. The molecule has 0 N–H and O–H groups in total. The number of Topliss-reactive ketones (excluding diaryl/α,β-unsaturated/α-hetero) is 1. The molecule has 0 heterocycles. The number of hydrogen-bond donors (Lipinski definition) is 0. The number of ether oxygens (including phenoxy) is 1. The molecule has 0 radical (unpaired) electrons. The Morgan fingerprint density at radius 3 is 1.88 bits per heavy atom. The Hall–Kier alpha value is -2.61. The maximum atomic E-state index is 12.4. The van der Waals surface area contributed by atoms with Crippen LogP contribution < -0.4 is 4.74 Å². The molecule has 0 amide bonds. The van der Waals surface area contributed by atoms with Gasteiger partial charge >= 0.3 is 11.7 Å². The van der Waals surface area contributed by atoms with Crippen molar-refractivity contribution in [2.45, 2.75) is 17.6 Å². The fourth-order valence-electron chi connectivity index (χ4n) is 1.81. The van der Waals surface area contributed by atoms with Gasteiger partial charge < -0.3 is 4.74 Å². The van der Waals surface area contributed by atoms with Crippen molar-refractivity contribution in [3.8, 4) is 5.75 Å². The number of sulfone groups is 1. The Labute approximate surface area is 136 Å². The highest BCUT2D eigenvalue weighted by atomic mass is 32.2. The Kier molecular flexibility index (Phi) is 5.08. The van der Waals surface area contributed by atoms with Gasteiger partial charge in [-0.3, -0.25) is 4.79 Å². The number of halogens is 2. The summed E-state index contributed by atoms with van der Waals surface area (Å²) in [7, 11) is -4.71. The highest BCUT2D eigenvalue weighted by Crippen LogP contribution is 2.20. The first-order valence-electron chi connectivity index (χ1n) is 6.67. The number of rotatable bonds is 5. The van der Waals surface area contributed by atoms with Crippen molar-refractivity contribution in [1.82, 2.24) is 0 Å². The zero-order chi connectivity index (χ0) is 17.9. The molecule has 0 bridgehead atoms. The molecule has 2 aromatic rings. The van der Waals surface area contributed by atoms with Gasteiger partial charge in [-0.25, -0.2) is 13.2 Å². The van der Waals surface area contributed by atoms with Crippen molar-refractivity contribution < 1.29 is 31.5 Å². The summed E-state index contributed by atoms with van der Waals surface area (Å²) < 4.78 is 52.5. The van der Waals surface area contributed by atoms with Crippen molar-refractivity contribution in [1.29, 1.82) is 0 Å². The molecule has 8 heteroatoms. The number of esters is 1. The van der Waals surface area contributed by atoms with Crippen LogP contribution in [0.2, 0.25) is 0 Å². The second kappa shape index (κ2) is 6.88. The highest BCUT2D eigenvalue weighted by molar-refractivity contribution is 7.91. The van der Waals surface area contributed by atoms with E-state index in [1.54, 1.807) is 0 Å². The average Bonchev–Trinajstić information content (AvgIpc) is 2.55. The maximum Gasteiger partial charge on any atom is 0.343 e. The Morgan fingerprint density at radius 1 is 0.917 bits per heavy atom. The van der Waals surface area contributed by atoms with Gasteiger partial charge in [0, 0.05) is 5.56 Å². The largest absolute Gasteiger partial charge is 0.423 e. The summed E-state index contributed by atoms with van der Waals surface area (Å²) in [5.41, 5.74) is 0.454. The third-order valence-corrected chi connectivity index (χ3v) is 4.52. The standard InChI is InChI=1S/C16H12F2O5S/c1-10(19)11-2-6-13(7-3-11)23-15(20)12-4-8-14(9-5-12)24(21,22)16(17)18/h2-9,16H,1H3. The first-order chi connectivity index (χ1) is 11.2. The lowest BCUT2D eigenvalue weighted by Crippen LogP contribution is -2.12. The molecule has 5 nitrogen and oxygen atoms in total. The molecule has 0 unspecified atom stereocenters. The minimum Gasteiger partial charge on any atom is -0.423 e. The van der Waals surface area contributed by atoms with E-state index >= 15 is 0 Å². The Bertz CT molecular complexity index is 856. The van der Waals surface area contributed by atoms with Crippen molar-refractivity contribution in [2.24, 2.45) is 0 Å². The van der Waals surface area contributed by atoms with E-state index in [0.29, 0.717) is 5.56 Å². The zero-order valence-electron chi connectivity index (χ0n) is 12.4. The number of ketones is 1. The predicted octanol–water partition coefficient (Wildman–Crippen LogP) is 3.10. The van der Waals surface area contributed by atoms with Gasteiger partial charge in [-0.2, -0.15) is 8.78 Å². The van der Waals surface area contributed by atoms with Gasteiger partial charge in [0.25, 0.3) is 0 Å². The van der Waals surface area contributed by atoms with Crippen LogP contribution >= 0.6 is 0 Å². The average molecular weight is 354 g/mol. The summed E-state index contributed by atoms with van der Waals surface area (Å²) in [6.07, 6.45) is 0. The van der Waals surface area contributed by atoms with Gasteiger partial charge in [-0.05, 0) is 55.5 Å². The van der Waals surface area contributed by atoms with Gasteiger partial charge in [0.05, 0.1) is 10.5 Å². The van der Waals surface area contributed by atoms with E-state index in [0.717, 1.165) is 24.3 Å². The summed E-state index contributed by atoms with van der Waals surface area (Å²) in [4.78, 5) is 22.5. The van der Waals surface area contributed by atoms with Crippen LogP contribution in [-0.4, -0.2) is 25.9 Å². The lowest BCUT2D eigenvalue weighted by molar-refractivity contribution is 0.0734. The summed E-state index contributed by atoms with van der Waals surface area (Å²) >= 11 is 0. The van der Waals surface area contributed by atoms with Crippen molar-refractivity contribution in [3.05, 3.63) is 59.7 Å². The van der Waals surface area contributed by atoms with Crippen LogP contribution in [0.1, 0.15) is 27.6 Å². The summed E-state index contributed by atoms with van der Waals surface area (Å²) in [6, 6.07) is 9.85. The lowest BCUT2D eigenvalue weighted by Gasteiger charge is -2.06. The SMILES string of the molecule is CC(=O)c1ccc(OC(=O)c2ccc(S(=O)(=O)C(F)F)cc2)cc1. The normalized spacial score (nSPS) is 11.3. The molecule has 0 saturated heterocycles. The van der Waals surface area contributed by atoms with Crippen molar-refractivity contribution in [2.75, 3.05) is 0 Å². The zero-order valence-corrected chi connectivity index (χ0v) is 13.2. The van der Waals surface area contributed by atoms with Gasteiger partial charge in [0.15, 0.2) is 5.78 Å². The number of carbonyl (C=O) groups is 2. The molecule has 0 atom stereocenters. The molecule has 0 aliphatic carbocycles. The molecule has 2 rings (SSSR count). The molecule has 2 aromatic carbocycles. The molecule has 0 aliphatic rings. The highest BCUT2D eigenvalue weighted by Gasteiger charge is 2.26. The molecule has 126 valence electrons. The second-order valence-electron chi connectivity index (χ2n) is 4.80. The van der Waals surface area contributed by atoms with Gasteiger partial charge in [0.2, 0.25) is 9.84 Å². The van der Waals surface area contributed by atoms with E-state index in [-0.39, 0.29) is 17.1 Å². The van der Waals surface area contributed by atoms with E-state index in [2.05, 4.69) is 0 Å². The summed E-state index contributed by atoms with van der Waals surface area (Å²) in [5, 5.41) is 0. The Balaban J connectivity index is 2.14. The van der Waals surface area contributed by atoms with Crippen LogP contribution in [0.4, 0.5) is 8.78 Å². The molecule has 0 fully saturated rings. The van der Waals surface area contributed by atoms with E-state index in [1.165, 1.54) is 31.2 Å². The predicted molar refractivity (Wildman–Crippen MR) is 81.0 cm³/mol. The smallest absolute Gasteiger partial charge is 0.343 e. The van der Waals surface area contributed by atoms with Crippen LogP contribution in [0.25, 0.3) is 0 Å². The molecule has 0 saturated carbocycles. The van der Waals surface area contributed by atoms with Crippen LogP contribution in [0.15, 0.2) is 53.4 Å². The first kappa shape index (κ1) is 17.7.